The topological polar surface area (TPSA) is 139 Å². The van der Waals surface area contributed by atoms with E-state index in [4.69, 9.17) is 14.6 Å². The van der Waals surface area contributed by atoms with Crippen molar-refractivity contribution >= 4 is 35.8 Å². The summed E-state index contributed by atoms with van der Waals surface area (Å²) in [6, 6.07) is 16.3. The Bertz CT molecular complexity index is 1200. The molecule has 11 heteroatoms. The molecule has 0 unspecified atom stereocenters. The third-order valence-corrected chi connectivity index (χ3v) is 4.72. The summed E-state index contributed by atoms with van der Waals surface area (Å²) >= 11 is 0. The van der Waals surface area contributed by atoms with Crippen LogP contribution >= 0.6 is 0 Å². The van der Waals surface area contributed by atoms with E-state index >= 15 is 0 Å². The SMILES string of the molecule is COc1c(-c2cccc(N(OB(O)c3ccc(C(=O)O)cc3)C(C)=O)c2)cccc1[N+](=O)[O-]. The quantitative estimate of drug-likeness (QED) is 0.303. The molecule has 0 aliphatic carbocycles. The monoisotopic (exact) mass is 450 g/mol. The molecule has 0 aromatic heterocycles. The van der Waals surface area contributed by atoms with Gasteiger partial charge in [0, 0.05) is 18.6 Å². The van der Waals surface area contributed by atoms with Gasteiger partial charge in [0.1, 0.15) is 0 Å². The molecule has 0 radical (unpaired) electrons. The van der Waals surface area contributed by atoms with Crippen LogP contribution < -0.4 is 15.3 Å². The van der Waals surface area contributed by atoms with Crippen molar-refractivity contribution in [3.05, 3.63) is 82.4 Å². The largest absolute Gasteiger partial charge is 0.515 e. The lowest BCUT2D eigenvalue weighted by molar-refractivity contribution is -0.385. The molecule has 0 fully saturated rings. The molecular formula is C22H19BN2O8. The molecule has 3 aromatic rings. The van der Waals surface area contributed by atoms with Gasteiger partial charge in [0.15, 0.2) is 0 Å². The maximum Gasteiger partial charge on any atom is 0.515 e. The molecule has 2 N–H and O–H groups in total. The average Bonchev–Trinajstić information content (AvgIpc) is 2.81. The van der Waals surface area contributed by atoms with Crippen molar-refractivity contribution in [2.24, 2.45) is 0 Å². The van der Waals surface area contributed by atoms with Gasteiger partial charge in [-0.3, -0.25) is 19.7 Å². The molecule has 0 bridgehead atoms. The van der Waals surface area contributed by atoms with Gasteiger partial charge in [-0.15, -0.1) is 0 Å². The van der Waals surface area contributed by atoms with Crippen molar-refractivity contribution in [2.75, 3.05) is 12.2 Å². The lowest BCUT2D eigenvalue weighted by atomic mass is 9.79. The van der Waals surface area contributed by atoms with Crippen LogP contribution in [-0.4, -0.2) is 41.2 Å². The van der Waals surface area contributed by atoms with Crippen LogP contribution in [0.5, 0.6) is 5.75 Å². The van der Waals surface area contributed by atoms with E-state index in [9.17, 15) is 24.7 Å². The minimum atomic E-state index is -1.56. The van der Waals surface area contributed by atoms with E-state index in [1.54, 1.807) is 30.3 Å². The second-order valence-electron chi connectivity index (χ2n) is 6.86. The number of rotatable bonds is 8. The molecule has 0 aliphatic heterocycles. The van der Waals surface area contributed by atoms with Crippen molar-refractivity contribution in [3.63, 3.8) is 0 Å². The normalized spacial score (nSPS) is 10.4. The number of nitro benzene ring substituents is 1. The lowest BCUT2D eigenvalue weighted by Crippen LogP contribution is -2.43. The van der Waals surface area contributed by atoms with Gasteiger partial charge in [-0.2, -0.15) is 0 Å². The minimum Gasteiger partial charge on any atom is -0.490 e. The Morgan fingerprint density at radius 2 is 1.73 bits per heavy atom. The molecular weight excluding hydrogens is 431 g/mol. The van der Waals surface area contributed by atoms with Gasteiger partial charge in [0.05, 0.1) is 23.3 Å². The van der Waals surface area contributed by atoms with E-state index < -0.39 is 23.9 Å². The lowest BCUT2D eigenvalue weighted by Gasteiger charge is -2.23. The van der Waals surface area contributed by atoms with Crippen LogP contribution in [0.4, 0.5) is 11.4 Å². The van der Waals surface area contributed by atoms with Gasteiger partial charge in [0.2, 0.25) is 11.7 Å². The van der Waals surface area contributed by atoms with E-state index in [0.717, 1.165) is 5.06 Å². The van der Waals surface area contributed by atoms with E-state index in [2.05, 4.69) is 0 Å². The van der Waals surface area contributed by atoms with Crippen molar-refractivity contribution in [2.45, 2.75) is 6.92 Å². The van der Waals surface area contributed by atoms with Gasteiger partial charge in [-0.1, -0.05) is 36.4 Å². The predicted octanol–water partition coefficient (Wildman–Crippen LogP) is 2.64. The fraction of sp³-hybridized carbons (Fsp3) is 0.0909. The fourth-order valence-electron chi connectivity index (χ4n) is 3.18. The standard InChI is InChI=1S/C22H19BN2O8/c1-14(26)24(33-23(29)17-11-9-15(10-12-17)22(27)28)18-6-3-5-16(13-18)19-7-4-8-20(25(30)31)21(19)32-2/h3-13,29H,1-2H3,(H,27,28). The zero-order valence-electron chi connectivity index (χ0n) is 17.7. The Morgan fingerprint density at radius 3 is 2.30 bits per heavy atom. The molecule has 1 amide bonds. The second kappa shape index (κ2) is 9.94. The number of para-hydroxylation sites is 1. The summed E-state index contributed by atoms with van der Waals surface area (Å²) in [5.41, 5.74) is 1.27. The second-order valence-corrected chi connectivity index (χ2v) is 6.86. The van der Waals surface area contributed by atoms with E-state index in [1.165, 1.54) is 50.4 Å². The van der Waals surface area contributed by atoms with Gasteiger partial charge in [-0.05, 0) is 35.3 Å². The molecule has 0 spiro atoms. The summed E-state index contributed by atoms with van der Waals surface area (Å²) in [4.78, 5) is 34.0. The number of carboxylic acids is 1. The smallest absolute Gasteiger partial charge is 0.490 e. The van der Waals surface area contributed by atoms with E-state index in [1.807, 2.05) is 0 Å². The average molecular weight is 450 g/mol. The first kappa shape index (κ1) is 23.4. The zero-order chi connectivity index (χ0) is 24.1. The summed E-state index contributed by atoms with van der Waals surface area (Å²) in [7, 11) is -0.236. The number of nitrogens with zero attached hydrogens (tertiary/aromatic N) is 2. The molecule has 0 saturated heterocycles. The zero-order valence-corrected chi connectivity index (χ0v) is 17.7. The number of hydrogen-bond donors (Lipinski definition) is 2. The van der Waals surface area contributed by atoms with Crippen LogP contribution in [0.15, 0.2) is 66.7 Å². The molecule has 10 nitrogen and oxygen atoms in total. The van der Waals surface area contributed by atoms with Gasteiger partial charge in [-0.25, -0.2) is 9.86 Å². The number of ether oxygens (including phenoxy) is 1. The molecule has 0 heterocycles. The summed E-state index contributed by atoms with van der Waals surface area (Å²) in [6.45, 7) is 1.24. The molecule has 3 rings (SSSR count). The van der Waals surface area contributed by atoms with Crippen molar-refractivity contribution in [1.82, 2.24) is 0 Å². The van der Waals surface area contributed by atoms with Crippen LogP contribution in [0.1, 0.15) is 17.3 Å². The Hall–Kier alpha value is -4.22. The summed E-state index contributed by atoms with van der Waals surface area (Å²) < 4.78 is 10.7. The number of hydroxylamine groups is 1. The number of carbonyl (C=O) groups excluding carboxylic acids is 1. The Kier molecular flexibility index (Phi) is 7.06. The Labute approximate surface area is 188 Å². The highest BCUT2D eigenvalue weighted by molar-refractivity contribution is 6.60. The molecule has 33 heavy (non-hydrogen) atoms. The van der Waals surface area contributed by atoms with E-state index in [-0.39, 0.29) is 28.2 Å². The van der Waals surface area contributed by atoms with Crippen LogP contribution in [-0.2, 0) is 9.55 Å². The number of hydrogen-bond acceptors (Lipinski definition) is 7. The Morgan fingerprint density at radius 1 is 1.06 bits per heavy atom. The maximum atomic E-state index is 12.3. The van der Waals surface area contributed by atoms with Crippen LogP contribution in [0.3, 0.4) is 0 Å². The minimum absolute atomic E-state index is 0.0352. The third kappa shape index (κ3) is 5.17. The number of aromatic carboxylic acids is 1. The third-order valence-electron chi connectivity index (χ3n) is 4.72. The van der Waals surface area contributed by atoms with Crippen LogP contribution in [0.25, 0.3) is 11.1 Å². The Balaban J connectivity index is 1.94. The van der Waals surface area contributed by atoms with Crippen LogP contribution in [0.2, 0.25) is 0 Å². The number of carboxylic acid groups (broad SMARTS) is 1. The van der Waals surface area contributed by atoms with Crippen molar-refractivity contribution in [3.8, 4) is 16.9 Å². The molecule has 0 atom stereocenters. The van der Waals surface area contributed by atoms with Crippen molar-refractivity contribution in [1.29, 1.82) is 0 Å². The predicted molar refractivity (Wildman–Crippen MR) is 120 cm³/mol. The molecule has 3 aromatic carbocycles. The van der Waals surface area contributed by atoms with E-state index in [0.29, 0.717) is 11.1 Å². The maximum absolute atomic E-state index is 12.3. The van der Waals surface area contributed by atoms with Gasteiger partial charge >= 0.3 is 18.8 Å². The number of benzene rings is 3. The summed E-state index contributed by atoms with van der Waals surface area (Å²) in [5.74, 6) is -1.59. The fourth-order valence-corrected chi connectivity index (χ4v) is 3.18. The number of amides is 1. The number of nitro groups is 1. The summed E-state index contributed by atoms with van der Waals surface area (Å²) in [6.07, 6.45) is 0. The van der Waals surface area contributed by atoms with Gasteiger partial charge < -0.3 is 14.9 Å². The molecule has 0 aliphatic rings. The number of methoxy groups -OCH3 is 1. The van der Waals surface area contributed by atoms with Gasteiger partial charge in [0.25, 0.3) is 0 Å². The highest BCUT2D eigenvalue weighted by atomic mass is 16.7. The molecule has 0 saturated carbocycles. The van der Waals surface area contributed by atoms with Crippen molar-refractivity contribution < 1.29 is 34.1 Å². The summed E-state index contributed by atoms with van der Waals surface area (Å²) in [5, 5.41) is 31.6. The first-order valence-corrected chi connectivity index (χ1v) is 9.63. The van der Waals surface area contributed by atoms with Crippen LogP contribution in [0, 0.1) is 10.1 Å². The highest BCUT2D eigenvalue weighted by Crippen LogP contribution is 2.38. The highest BCUT2D eigenvalue weighted by Gasteiger charge is 2.25. The molecule has 168 valence electrons. The first-order valence-electron chi connectivity index (χ1n) is 9.63. The first-order chi connectivity index (χ1) is 15.7. The number of carbonyl (C=O) groups is 2. The number of anilines is 1.